The summed E-state index contributed by atoms with van der Waals surface area (Å²) in [4.78, 5) is 0. The summed E-state index contributed by atoms with van der Waals surface area (Å²) in [7, 11) is 0. The third-order valence-electron chi connectivity index (χ3n) is 9.09. The van der Waals surface area contributed by atoms with Gasteiger partial charge in [-0.15, -0.1) is 12.3 Å². The lowest BCUT2D eigenvalue weighted by atomic mass is 9.53. The second kappa shape index (κ2) is 7.66. The zero-order chi connectivity index (χ0) is 20.8. The topological polar surface area (TPSA) is 40.5 Å². The van der Waals surface area contributed by atoms with Gasteiger partial charge in [-0.2, -0.15) is 0 Å². The van der Waals surface area contributed by atoms with Gasteiger partial charge in [0.2, 0.25) is 0 Å². The first-order chi connectivity index (χ1) is 13.7. The molecule has 2 N–H and O–H groups in total. The van der Waals surface area contributed by atoms with Gasteiger partial charge < -0.3 is 10.2 Å². The van der Waals surface area contributed by atoms with E-state index in [1.165, 1.54) is 43.2 Å². The number of phenolic OH excluding ortho intramolecular Hbond substituents is 1. The molecular weight excluding hydrogens is 356 g/mol. The maximum absolute atomic E-state index is 10.5. The molecule has 1 unspecified atom stereocenters. The van der Waals surface area contributed by atoms with Crippen LogP contribution in [0.15, 0.2) is 18.2 Å². The van der Waals surface area contributed by atoms with Crippen molar-refractivity contribution in [1.29, 1.82) is 0 Å². The predicted molar refractivity (Wildman–Crippen MR) is 119 cm³/mol. The van der Waals surface area contributed by atoms with Gasteiger partial charge in [0.05, 0.1) is 5.60 Å². The van der Waals surface area contributed by atoms with Crippen LogP contribution in [0.3, 0.4) is 0 Å². The molecule has 2 heteroatoms. The van der Waals surface area contributed by atoms with Crippen molar-refractivity contribution < 1.29 is 10.2 Å². The van der Waals surface area contributed by atoms with Crippen LogP contribution in [0, 0.1) is 41.4 Å². The average molecular weight is 395 g/mol. The first kappa shape index (κ1) is 20.8. The van der Waals surface area contributed by atoms with E-state index in [1.54, 1.807) is 0 Å². The van der Waals surface area contributed by atoms with Crippen molar-refractivity contribution >= 4 is 0 Å². The summed E-state index contributed by atoms with van der Waals surface area (Å²) in [5.41, 5.74) is 2.61. The molecule has 2 nitrogen and oxygen atoms in total. The molecule has 1 aromatic rings. The molecule has 0 radical (unpaired) electrons. The number of phenols is 1. The van der Waals surface area contributed by atoms with Gasteiger partial charge in [-0.3, -0.25) is 0 Å². The Balaban J connectivity index is 1.48. The monoisotopic (exact) mass is 394 g/mol. The molecule has 0 aliphatic heterocycles. The molecule has 0 saturated heterocycles. The zero-order valence-electron chi connectivity index (χ0n) is 18.5. The van der Waals surface area contributed by atoms with Crippen molar-refractivity contribution in [2.75, 3.05) is 0 Å². The summed E-state index contributed by atoms with van der Waals surface area (Å²) in [5.74, 6) is 6.75. The summed E-state index contributed by atoms with van der Waals surface area (Å²) in [6.07, 6.45) is 15.4. The Bertz CT molecular complexity index is 788. The number of aromatic hydroxyl groups is 1. The maximum atomic E-state index is 10.5. The second-order valence-electron chi connectivity index (χ2n) is 10.9. The molecule has 2 fully saturated rings. The number of hydrogen-bond acceptors (Lipinski definition) is 2. The van der Waals surface area contributed by atoms with Gasteiger partial charge in [-0.1, -0.05) is 19.9 Å². The smallest absolute Gasteiger partial charge is 0.115 e. The van der Waals surface area contributed by atoms with E-state index >= 15 is 0 Å². The van der Waals surface area contributed by atoms with Gasteiger partial charge in [0, 0.05) is 6.42 Å². The van der Waals surface area contributed by atoms with Crippen molar-refractivity contribution in [2.45, 2.75) is 90.1 Å². The minimum Gasteiger partial charge on any atom is -0.508 e. The van der Waals surface area contributed by atoms with Crippen LogP contribution < -0.4 is 0 Å². The molecule has 3 aliphatic rings. The van der Waals surface area contributed by atoms with Crippen LogP contribution in [0.25, 0.3) is 0 Å². The Kier molecular flexibility index (Phi) is 5.49. The molecule has 0 heterocycles. The third kappa shape index (κ3) is 3.72. The van der Waals surface area contributed by atoms with Crippen molar-refractivity contribution in [3.63, 3.8) is 0 Å². The highest BCUT2D eigenvalue weighted by atomic mass is 16.3. The highest BCUT2D eigenvalue weighted by Gasteiger charge is 2.55. The largest absolute Gasteiger partial charge is 0.508 e. The number of terminal acetylenes is 1. The molecule has 7 atom stereocenters. The van der Waals surface area contributed by atoms with Gasteiger partial charge in [-0.05, 0) is 117 Å². The van der Waals surface area contributed by atoms with Gasteiger partial charge in [-0.25, -0.2) is 0 Å². The van der Waals surface area contributed by atoms with Crippen LogP contribution in [0.2, 0.25) is 0 Å². The first-order valence-corrected chi connectivity index (χ1v) is 11.7. The van der Waals surface area contributed by atoms with E-state index in [-0.39, 0.29) is 0 Å². The van der Waals surface area contributed by atoms with Crippen LogP contribution in [0.1, 0.15) is 89.2 Å². The third-order valence-corrected chi connectivity index (χ3v) is 9.09. The molecule has 158 valence electrons. The molecule has 0 amide bonds. The highest BCUT2D eigenvalue weighted by Crippen LogP contribution is 2.64. The van der Waals surface area contributed by atoms with Crippen LogP contribution in [0.5, 0.6) is 5.75 Å². The summed E-state index contributed by atoms with van der Waals surface area (Å²) in [6.45, 7) is 6.88. The number of fused-ring (bicyclic) bond motifs is 5. The second-order valence-corrected chi connectivity index (χ2v) is 10.9. The Hall–Kier alpha value is -1.46. The maximum Gasteiger partial charge on any atom is 0.115 e. The molecule has 1 aromatic carbocycles. The number of hydrogen-bond donors (Lipinski definition) is 2. The fourth-order valence-electron chi connectivity index (χ4n) is 7.59. The van der Waals surface area contributed by atoms with E-state index in [0.717, 1.165) is 37.0 Å². The lowest BCUT2D eigenvalue weighted by Gasteiger charge is -2.52. The Labute approximate surface area is 177 Å². The fourth-order valence-corrected chi connectivity index (χ4v) is 7.59. The first-order valence-electron chi connectivity index (χ1n) is 11.7. The molecule has 2 saturated carbocycles. The molecule has 0 aromatic heterocycles. The highest BCUT2D eigenvalue weighted by molar-refractivity contribution is 5.40. The minimum absolute atomic E-state index is 0.415. The summed E-state index contributed by atoms with van der Waals surface area (Å²) >= 11 is 0. The van der Waals surface area contributed by atoms with Crippen LogP contribution in [-0.2, 0) is 6.42 Å². The predicted octanol–water partition coefficient (Wildman–Crippen LogP) is 6.06. The minimum atomic E-state index is -0.724. The standard InChI is InChI=1S/C27H38O2/c1-5-14-26(3,29)15-12-18(2)24-10-11-25-23-8-6-19-17-20(28)7-9-21(19)22(23)13-16-27(24,25)4/h1,7,9,17-18,22-25,28-29H,6,8,10-16H2,2-4H3/t18-,22-,23-,24-,25+,26?,27-/m1/s1. The Morgan fingerprint density at radius 3 is 2.83 bits per heavy atom. The van der Waals surface area contributed by atoms with Crippen molar-refractivity contribution in [1.82, 2.24) is 0 Å². The molecule has 0 bridgehead atoms. The lowest BCUT2D eigenvalue weighted by Crippen LogP contribution is -2.43. The molecular formula is C27H38O2. The lowest BCUT2D eigenvalue weighted by molar-refractivity contribution is 0.000990. The molecule has 3 aliphatic carbocycles. The normalized spacial score (nSPS) is 36.2. The van der Waals surface area contributed by atoms with E-state index in [9.17, 15) is 10.2 Å². The van der Waals surface area contributed by atoms with Crippen LogP contribution in [-0.4, -0.2) is 15.8 Å². The van der Waals surface area contributed by atoms with Crippen molar-refractivity contribution in [3.8, 4) is 18.1 Å². The van der Waals surface area contributed by atoms with Crippen LogP contribution in [0.4, 0.5) is 0 Å². The van der Waals surface area contributed by atoms with Crippen LogP contribution >= 0.6 is 0 Å². The Morgan fingerprint density at radius 1 is 1.28 bits per heavy atom. The molecule has 4 rings (SSSR count). The summed E-state index contributed by atoms with van der Waals surface area (Å²) in [5, 5.41) is 20.4. The average Bonchev–Trinajstić information content (AvgIpc) is 3.03. The Morgan fingerprint density at radius 2 is 2.07 bits per heavy atom. The van der Waals surface area contributed by atoms with Gasteiger partial charge >= 0.3 is 0 Å². The molecule has 29 heavy (non-hydrogen) atoms. The van der Waals surface area contributed by atoms with Gasteiger partial charge in [0.1, 0.15) is 5.75 Å². The number of aliphatic hydroxyl groups is 1. The number of rotatable bonds is 5. The number of aryl methyl sites for hydroxylation is 1. The molecule has 0 spiro atoms. The van der Waals surface area contributed by atoms with Gasteiger partial charge in [0.25, 0.3) is 0 Å². The van der Waals surface area contributed by atoms with E-state index in [2.05, 4.69) is 25.8 Å². The summed E-state index contributed by atoms with van der Waals surface area (Å²) in [6, 6.07) is 6.09. The van der Waals surface area contributed by atoms with Gasteiger partial charge in [0.15, 0.2) is 0 Å². The fraction of sp³-hybridized carbons (Fsp3) is 0.704. The SMILES string of the molecule is C#CCC(C)(O)CC[C@@H](C)[C@H]1CC[C@H]2[C@@H]3CCc4cc(O)ccc4[C@H]3CC[C@]12C. The number of benzene rings is 1. The van der Waals surface area contributed by atoms with Crippen molar-refractivity contribution in [3.05, 3.63) is 29.3 Å². The van der Waals surface area contributed by atoms with E-state index < -0.39 is 5.60 Å². The zero-order valence-corrected chi connectivity index (χ0v) is 18.5. The van der Waals surface area contributed by atoms with Crippen molar-refractivity contribution in [2.24, 2.45) is 29.1 Å². The summed E-state index contributed by atoms with van der Waals surface area (Å²) < 4.78 is 0. The van der Waals surface area contributed by atoms with E-state index in [1.807, 2.05) is 19.1 Å². The van der Waals surface area contributed by atoms with E-state index in [0.29, 0.717) is 29.4 Å². The quantitative estimate of drug-likeness (QED) is 0.596. The van der Waals surface area contributed by atoms with E-state index in [4.69, 9.17) is 6.42 Å².